The predicted octanol–water partition coefficient (Wildman–Crippen LogP) is 3.25. The monoisotopic (exact) mass is 394 g/mol. The Morgan fingerprint density at radius 3 is 2.46 bits per heavy atom. The summed E-state index contributed by atoms with van der Waals surface area (Å²) in [4.78, 5) is 0.348. The van der Waals surface area contributed by atoms with Crippen LogP contribution in [0.4, 0.5) is 5.69 Å². The molecule has 0 radical (unpaired) electrons. The van der Waals surface area contributed by atoms with E-state index in [2.05, 4.69) is 5.32 Å². The normalized spacial score (nSPS) is 16.8. The van der Waals surface area contributed by atoms with Gasteiger partial charge in [-0.2, -0.15) is 0 Å². The molecule has 0 bridgehead atoms. The molecule has 7 heteroatoms. The summed E-state index contributed by atoms with van der Waals surface area (Å²) in [6, 6.07) is 10.5. The van der Waals surface area contributed by atoms with Gasteiger partial charge in [0.15, 0.2) is 0 Å². The lowest BCUT2D eigenvalue weighted by molar-refractivity contribution is 0.397. The zero-order chi connectivity index (χ0) is 18.9. The van der Waals surface area contributed by atoms with Gasteiger partial charge >= 0.3 is 0 Å². The molecule has 1 N–H and O–H groups in total. The van der Waals surface area contributed by atoms with Crippen LogP contribution in [-0.4, -0.2) is 35.7 Å². The van der Waals surface area contributed by atoms with Gasteiger partial charge < -0.3 is 10.1 Å². The number of methoxy groups -OCH3 is 1. The van der Waals surface area contributed by atoms with Crippen molar-refractivity contribution in [3.05, 3.63) is 52.5 Å². The number of anilines is 1. The summed E-state index contributed by atoms with van der Waals surface area (Å²) in [6.07, 6.45) is 2.34. The van der Waals surface area contributed by atoms with E-state index in [9.17, 15) is 8.42 Å². The van der Waals surface area contributed by atoms with Gasteiger partial charge in [0.2, 0.25) is 0 Å². The Morgan fingerprint density at radius 2 is 1.85 bits per heavy atom. The summed E-state index contributed by atoms with van der Waals surface area (Å²) in [5, 5.41) is 3.85. The van der Waals surface area contributed by atoms with Gasteiger partial charge in [-0.25, -0.2) is 8.42 Å². The fourth-order valence-electron chi connectivity index (χ4n) is 3.43. The number of hydrogen-bond donors (Lipinski definition) is 1. The molecule has 3 rings (SSSR count). The van der Waals surface area contributed by atoms with E-state index in [1.54, 1.807) is 50.6 Å². The molecule has 0 aromatic heterocycles. The van der Waals surface area contributed by atoms with E-state index in [4.69, 9.17) is 16.3 Å². The highest BCUT2D eigenvalue weighted by Gasteiger charge is 2.30. The molecule has 0 amide bonds. The standard InChI is InChI=1S/C19H23ClN2O3S/c1-21-14-6-9-16-17(12-14)18(25-3)10-11-19(16)26(23,24)22(2)15-7-4-13(20)5-8-15/h4-5,7-8,10-11,14,21H,6,9,12H2,1-3H3. The van der Waals surface area contributed by atoms with Crippen LogP contribution in [0.15, 0.2) is 41.3 Å². The van der Waals surface area contributed by atoms with Crippen molar-refractivity contribution in [3.8, 4) is 5.75 Å². The molecule has 26 heavy (non-hydrogen) atoms. The van der Waals surface area contributed by atoms with Crippen molar-refractivity contribution < 1.29 is 13.2 Å². The van der Waals surface area contributed by atoms with Gasteiger partial charge in [0.25, 0.3) is 10.0 Å². The van der Waals surface area contributed by atoms with E-state index in [1.807, 2.05) is 7.05 Å². The minimum atomic E-state index is -3.68. The molecule has 2 aromatic rings. The highest BCUT2D eigenvalue weighted by Crippen LogP contribution is 2.36. The average Bonchev–Trinajstić information content (AvgIpc) is 2.66. The number of fused-ring (bicyclic) bond motifs is 1. The largest absolute Gasteiger partial charge is 0.496 e. The number of halogens is 1. The number of ether oxygens (including phenoxy) is 1. The summed E-state index contributed by atoms with van der Waals surface area (Å²) in [7, 11) is 1.43. The molecular formula is C19H23ClN2O3S. The average molecular weight is 395 g/mol. The third-order valence-electron chi connectivity index (χ3n) is 5.00. The first-order chi connectivity index (χ1) is 12.4. The van der Waals surface area contributed by atoms with Crippen LogP contribution in [0.5, 0.6) is 5.75 Å². The molecule has 2 aromatic carbocycles. The van der Waals surface area contributed by atoms with Gasteiger partial charge in [0, 0.05) is 23.7 Å². The van der Waals surface area contributed by atoms with E-state index in [0.29, 0.717) is 28.1 Å². The first kappa shape index (κ1) is 19.0. The highest BCUT2D eigenvalue weighted by atomic mass is 35.5. The molecule has 1 atom stereocenters. The van der Waals surface area contributed by atoms with Gasteiger partial charge in [-0.3, -0.25) is 4.31 Å². The van der Waals surface area contributed by atoms with Gasteiger partial charge in [0.1, 0.15) is 5.75 Å². The minimum Gasteiger partial charge on any atom is -0.496 e. The van der Waals surface area contributed by atoms with Crippen LogP contribution in [0.2, 0.25) is 5.02 Å². The van der Waals surface area contributed by atoms with Gasteiger partial charge in [-0.15, -0.1) is 0 Å². The van der Waals surface area contributed by atoms with Crippen LogP contribution in [0.25, 0.3) is 0 Å². The van der Waals surface area contributed by atoms with Crippen molar-refractivity contribution in [2.24, 2.45) is 0 Å². The first-order valence-electron chi connectivity index (χ1n) is 8.49. The lowest BCUT2D eigenvalue weighted by Crippen LogP contribution is -2.34. The van der Waals surface area contributed by atoms with Gasteiger partial charge in [-0.1, -0.05) is 11.6 Å². The number of sulfonamides is 1. The van der Waals surface area contributed by atoms with Crippen LogP contribution in [0.3, 0.4) is 0 Å². The zero-order valence-corrected chi connectivity index (χ0v) is 16.7. The van der Waals surface area contributed by atoms with E-state index < -0.39 is 10.0 Å². The van der Waals surface area contributed by atoms with Crippen molar-refractivity contribution in [3.63, 3.8) is 0 Å². The Labute approximate surface area is 160 Å². The molecule has 5 nitrogen and oxygen atoms in total. The van der Waals surface area contributed by atoms with Crippen LogP contribution in [0.1, 0.15) is 17.5 Å². The molecule has 140 valence electrons. The van der Waals surface area contributed by atoms with Crippen molar-refractivity contribution in [2.75, 3.05) is 25.5 Å². The number of rotatable bonds is 5. The van der Waals surface area contributed by atoms with Crippen molar-refractivity contribution in [1.82, 2.24) is 5.32 Å². The lowest BCUT2D eigenvalue weighted by atomic mass is 9.87. The highest BCUT2D eigenvalue weighted by molar-refractivity contribution is 7.92. The van der Waals surface area contributed by atoms with Crippen molar-refractivity contribution in [1.29, 1.82) is 0 Å². The Morgan fingerprint density at radius 1 is 1.15 bits per heavy atom. The van der Waals surface area contributed by atoms with Crippen molar-refractivity contribution in [2.45, 2.75) is 30.2 Å². The summed E-state index contributed by atoms with van der Waals surface area (Å²) >= 11 is 5.92. The van der Waals surface area contributed by atoms with Crippen LogP contribution in [0, 0.1) is 0 Å². The van der Waals surface area contributed by atoms with E-state index >= 15 is 0 Å². The zero-order valence-electron chi connectivity index (χ0n) is 15.1. The van der Waals surface area contributed by atoms with Crippen LogP contribution in [-0.2, 0) is 22.9 Å². The third kappa shape index (κ3) is 3.41. The van der Waals surface area contributed by atoms with E-state index in [0.717, 1.165) is 29.7 Å². The van der Waals surface area contributed by atoms with Crippen molar-refractivity contribution >= 4 is 27.3 Å². The molecule has 0 fully saturated rings. The molecule has 0 saturated heterocycles. The maximum atomic E-state index is 13.3. The summed E-state index contributed by atoms with van der Waals surface area (Å²) in [5.74, 6) is 0.744. The predicted molar refractivity (Wildman–Crippen MR) is 105 cm³/mol. The fraction of sp³-hybridized carbons (Fsp3) is 0.368. The van der Waals surface area contributed by atoms with Gasteiger partial charge in [0.05, 0.1) is 17.7 Å². The molecule has 0 spiro atoms. The Hall–Kier alpha value is -1.76. The second-order valence-electron chi connectivity index (χ2n) is 6.40. The summed E-state index contributed by atoms with van der Waals surface area (Å²) < 4.78 is 33.3. The van der Waals surface area contributed by atoms with E-state index in [-0.39, 0.29) is 0 Å². The first-order valence-corrected chi connectivity index (χ1v) is 10.3. The van der Waals surface area contributed by atoms with Crippen LogP contribution < -0.4 is 14.4 Å². The summed E-state index contributed by atoms with van der Waals surface area (Å²) in [5.41, 5.74) is 2.41. The number of nitrogens with one attached hydrogen (secondary N) is 1. The number of nitrogens with zero attached hydrogens (tertiary/aromatic N) is 1. The lowest BCUT2D eigenvalue weighted by Gasteiger charge is -2.29. The van der Waals surface area contributed by atoms with Gasteiger partial charge in [-0.05, 0) is 68.3 Å². The Kier molecular flexibility index (Phi) is 5.46. The number of benzene rings is 2. The maximum Gasteiger partial charge on any atom is 0.264 e. The van der Waals surface area contributed by atoms with E-state index in [1.165, 1.54) is 4.31 Å². The Balaban J connectivity index is 2.07. The summed E-state index contributed by atoms with van der Waals surface area (Å²) in [6.45, 7) is 0. The minimum absolute atomic E-state index is 0.323. The molecule has 0 saturated carbocycles. The Bertz CT molecular complexity index is 898. The molecule has 1 aliphatic carbocycles. The molecule has 1 unspecified atom stereocenters. The molecule has 0 heterocycles. The molecule has 1 aliphatic rings. The fourth-order valence-corrected chi connectivity index (χ4v) is 5.03. The molecular weight excluding hydrogens is 372 g/mol. The quantitative estimate of drug-likeness (QED) is 0.845. The molecule has 0 aliphatic heterocycles. The third-order valence-corrected chi connectivity index (χ3v) is 7.12. The number of hydrogen-bond acceptors (Lipinski definition) is 4. The topological polar surface area (TPSA) is 58.6 Å². The van der Waals surface area contributed by atoms with Crippen LogP contribution >= 0.6 is 11.6 Å². The SMILES string of the molecule is CNC1CCc2c(S(=O)(=O)N(C)c3ccc(Cl)cc3)ccc(OC)c2C1. The number of likely N-dealkylation sites (N-methyl/N-ethyl adjacent to an activating group) is 1. The second kappa shape index (κ2) is 7.47. The second-order valence-corrected chi connectivity index (χ2v) is 8.77. The maximum absolute atomic E-state index is 13.3. The smallest absolute Gasteiger partial charge is 0.264 e.